The first kappa shape index (κ1) is 16.0. The molecule has 25 heavy (non-hydrogen) atoms. The summed E-state index contributed by atoms with van der Waals surface area (Å²) in [5.41, 5.74) is 0.520. The molecule has 0 radical (unpaired) electrons. The molecule has 4 heterocycles. The molecule has 1 aromatic heterocycles. The minimum Gasteiger partial charge on any atom is -0.391 e. The molecule has 4 atom stereocenters. The lowest BCUT2D eigenvalue weighted by atomic mass is 9.92. The van der Waals surface area contributed by atoms with E-state index in [2.05, 4.69) is 10.3 Å². The number of carbonyl (C=O) groups is 3. The number of hydrogen-bond acceptors (Lipinski definition) is 5. The third-order valence-electron chi connectivity index (χ3n) is 5.30. The zero-order chi connectivity index (χ0) is 17.6. The van der Waals surface area contributed by atoms with Crippen LogP contribution in [0.5, 0.6) is 0 Å². The molecule has 0 spiro atoms. The maximum absolute atomic E-state index is 12.7. The molecule has 1 aromatic rings. The van der Waals surface area contributed by atoms with E-state index >= 15 is 0 Å². The number of aliphatic hydroxyl groups is 1. The summed E-state index contributed by atoms with van der Waals surface area (Å²) in [6.07, 6.45) is 3.80. The highest BCUT2D eigenvalue weighted by Crippen LogP contribution is 2.31. The van der Waals surface area contributed by atoms with Crippen LogP contribution in [0, 0.1) is 0 Å². The maximum atomic E-state index is 12.7. The molecule has 0 aromatic carbocycles. The molecule has 3 amide bonds. The first-order valence-corrected chi connectivity index (χ1v) is 8.54. The topological polar surface area (TPSA) is 103 Å². The molecule has 3 aliphatic rings. The van der Waals surface area contributed by atoms with Gasteiger partial charge in [0.05, 0.1) is 6.10 Å². The van der Waals surface area contributed by atoms with Crippen molar-refractivity contribution in [1.29, 1.82) is 0 Å². The van der Waals surface area contributed by atoms with Gasteiger partial charge in [-0.05, 0) is 25.0 Å². The Morgan fingerprint density at radius 3 is 2.56 bits per heavy atom. The Kier molecular flexibility index (Phi) is 3.91. The molecule has 0 saturated carbocycles. The zero-order valence-electron chi connectivity index (χ0n) is 13.7. The minimum atomic E-state index is -0.638. The lowest BCUT2D eigenvalue weighted by Gasteiger charge is -2.46. The number of aliphatic hydroxyl groups excluding tert-OH is 1. The van der Waals surface area contributed by atoms with Gasteiger partial charge in [0.15, 0.2) is 0 Å². The maximum Gasteiger partial charge on any atom is 0.251 e. The average molecular weight is 344 g/mol. The Balaban J connectivity index is 1.46. The van der Waals surface area contributed by atoms with Crippen LogP contribution >= 0.6 is 0 Å². The molecule has 8 nitrogen and oxygen atoms in total. The first-order valence-electron chi connectivity index (χ1n) is 8.54. The number of aromatic nitrogens is 1. The van der Waals surface area contributed by atoms with Gasteiger partial charge < -0.3 is 20.2 Å². The predicted molar refractivity (Wildman–Crippen MR) is 86.4 cm³/mol. The first-order chi connectivity index (χ1) is 12.0. The van der Waals surface area contributed by atoms with Crippen molar-refractivity contribution in [1.82, 2.24) is 20.1 Å². The summed E-state index contributed by atoms with van der Waals surface area (Å²) in [5.74, 6) is -0.408. The summed E-state index contributed by atoms with van der Waals surface area (Å²) in [5, 5.41) is 12.7. The highest BCUT2D eigenvalue weighted by molar-refractivity contribution is 5.98. The Hall–Kier alpha value is -2.48. The van der Waals surface area contributed by atoms with E-state index in [4.69, 9.17) is 0 Å². The molecule has 4 rings (SSSR count). The molecule has 3 aliphatic heterocycles. The van der Waals surface area contributed by atoms with Crippen LogP contribution in [0.2, 0.25) is 0 Å². The molecule has 0 bridgehead atoms. The summed E-state index contributed by atoms with van der Waals surface area (Å²) >= 11 is 0. The second kappa shape index (κ2) is 6.11. The van der Waals surface area contributed by atoms with Crippen LogP contribution in [0.25, 0.3) is 0 Å². The van der Waals surface area contributed by atoms with Gasteiger partial charge in [0.2, 0.25) is 11.8 Å². The number of piperazine rings is 1. The lowest BCUT2D eigenvalue weighted by molar-refractivity contribution is -0.161. The van der Waals surface area contributed by atoms with Gasteiger partial charge in [-0.3, -0.25) is 19.4 Å². The van der Waals surface area contributed by atoms with Crippen LogP contribution in [0.3, 0.4) is 0 Å². The van der Waals surface area contributed by atoms with Crippen LogP contribution < -0.4 is 5.32 Å². The van der Waals surface area contributed by atoms with Gasteiger partial charge in [-0.25, -0.2) is 0 Å². The zero-order valence-corrected chi connectivity index (χ0v) is 13.7. The molecule has 4 unspecified atom stereocenters. The second-order valence-electron chi connectivity index (χ2n) is 6.87. The largest absolute Gasteiger partial charge is 0.391 e. The smallest absolute Gasteiger partial charge is 0.251 e. The van der Waals surface area contributed by atoms with E-state index in [0.29, 0.717) is 31.4 Å². The second-order valence-corrected chi connectivity index (χ2v) is 6.87. The van der Waals surface area contributed by atoms with Crippen molar-refractivity contribution in [3.05, 3.63) is 30.1 Å². The van der Waals surface area contributed by atoms with Crippen molar-refractivity contribution in [3.63, 3.8) is 0 Å². The van der Waals surface area contributed by atoms with Gasteiger partial charge in [0.25, 0.3) is 5.91 Å². The Morgan fingerprint density at radius 2 is 1.80 bits per heavy atom. The van der Waals surface area contributed by atoms with E-state index in [1.807, 2.05) is 0 Å². The summed E-state index contributed by atoms with van der Waals surface area (Å²) < 4.78 is 0. The monoisotopic (exact) mass is 344 g/mol. The summed E-state index contributed by atoms with van der Waals surface area (Å²) in [4.78, 5) is 44.7. The highest BCUT2D eigenvalue weighted by Gasteiger charge is 2.51. The predicted octanol–water partition coefficient (Wildman–Crippen LogP) is -0.854. The number of pyridine rings is 1. The van der Waals surface area contributed by atoms with Crippen LogP contribution in [0.4, 0.5) is 0 Å². The van der Waals surface area contributed by atoms with Crippen molar-refractivity contribution >= 4 is 17.7 Å². The van der Waals surface area contributed by atoms with Gasteiger partial charge in [-0.1, -0.05) is 0 Å². The standard InChI is InChI=1S/C17H20N4O4/c22-12-8-14-16(24)20-6-3-11(7-13(20)17(25)21(14)9-12)19-15(23)10-1-4-18-5-2-10/h1-2,4-5,11-14,22H,3,6-9H2,(H,19,23). The number of fused-ring (bicyclic) bond motifs is 2. The number of carbonyl (C=O) groups excluding carboxylic acids is 3. The van der Waals surface area contributed by atoms with E-state index < -0.39 is 18.2 Å². The molecule has 8 heteroatoms. The minimum absolute atomic E-state index is 0.0833. The Morgan fingerprint density at radius 1 is 1.12 bits per heavy atom. The van der Waals surface area contributed by atoms with Crippen molar-refractivity contribution in [3.8, 4) is 0 Å². The molecular formula is C17H20N4O4. The number of rotatable bonds is 2. The summed E-state index contributed by atoms with van der Waals surface area (Å²) in [7, 11) is 0. The fourth-order valence-corrected chi connectivity index (χ4v) is 4.04. The molecule has 132 valence electrons. The van der Waals surface area contributed by atoms with Crippen LogP contribution in [0.1, 0.15) is 29.6 Å². The van der Waals surface area contributed by atoms with Gasteiger partial charge in [0, 0.05) is 43.5 Å². The molecule has 2 N–H and O–H groups in total. The van der Waals surface area contributed by atoms with E-state index in [0.717, 1.165) is 0 Å². The van der Waals surface area contributed by atoms with Gasteiger partial charge in [-0.15, -0.1) is 0 Å². The van der Waals surface area contributed by atoms with Crippen molar-refractivity contribution in [2.75, 3.05) is 13.1 Å². The summed E-state index contributed by atoms with van der Waals surface area (Å²) in [6.45, 7) is 0.657. The quantitative estimate of drug-likeness (QED) is 0.727. The van der Waals surface area contributed by atoms with E-state index in [1.54, 1.807) is 29.4 Å². The number of nitrogens with zero attached hydrogens (tertiary/aromatic N) is 3. The van der Waals surface area contributed by atoms with Crippen molar-refractivity contribution in [2.45, 2.75) is 43.5 Å². The molecule has 0 aliphatic carbocycles. The number of nitrogens with one attached hydrogen (secondary N) is 1. The van der Waals surface area contributed by atoms with Crippen LogP contribution in [0.15, 0.2) is 24.5 Å². The van der Waals surface area contributed by atoms with Crippen LogP contribution in [-0.2, 0) is 9.59 Å². The van der Waals surface area contributed by atoms with E-state index in [1.165, 1.54) is 4.90 Å². The average Bonchev–Trinajstić information content (AvgIpc) is 3.02. The number of piperidine rings is 1. The normalized spacial score (nSPS) is 31.6. The number of hydrogen-bond donors (Lipinski definition) is 2. The lowest BCUT2D eigenvalue weighted by Crippen LogP contribution is -2.66. The molecule has 3 saturated heterocycles. The molecule has 3 fully saturated rings. The number of amides is 3. The van der Waals surface area contributed by atoms with Gasteiger partial charge >= 0.3 is 0 Å². The van der Waals surface area contributed by atoms with Gasteiger partial charge in [0.1, 0.15) is 12.1 Å². The van der Waals surface area contributed by atoms with E-state index in [9.17, 15) is 19.5 Å². The third kappa shape index (κ3) is 2.76. The van der Waals surface area contributed by atoms with Crippen molar-refractivity contribution < 1.29 is 19.5 Å². The molecular weight excluding hydrogens is 324 g/mol. The van der Waals surface area contributed by atoms with Gasteiger partial charge in [-0.2, -0.15) is 0 Å². The van der Waals surface area contributed by atoms with E-state index in [-0.39, 0.29) is 30.3 Å². The summed E-state index contributed by atoms with van der Waals surface area (Å²) in [6, 6.07) is 2.03. The third-order valence-corrected chi connectivity index (χ3v) is 5.30. The Labute approximate surface area is 144 Å². The fraction of sp³-hybridized carbons (Fsp3) is 0.529. The highest BCUT2D eigenvalue weighted by atomic mass is 16.3. The van der Waals surface area contributed by atoms with Crippen LogP contribution in [-0.4, -0.2) is 74.9 Å². The Bertz CT molecular complexity index is 710. The SMILES string of the molecule is O=C(NC1CCN2C(=O)C3CC(O)CN3C(=O)C2C1)c1ccncc1. The fourth-order valence-electron chi connectivity index (χ4n) is 4.04. The van der Waals surface area contributed by atoms with Crippen molar-refractivity contribution in [2.24, 2.45) is 0 Å².